The molecular weight excluding hydrogens is 488 g/mol. The molecule has 0 saturated heterocycles. The molecular formula is C24H22N4O5S2. The number of carbonyl (C=O) groups excluding carboxylic acids is 2. The van der Waals surface area contributed by atoms with E-state index in [1.807, 2.05) is 12.1 Å². The van der Waals surface area contributed by atoms with Crippen molar-refractivity contribution in [3.63, 3.8) is 0 Å². The first-order chi connectivity index (χ1) is 16.4. The number of hydrogen-bond donors (Lipinski definition) is 1. The molecule has 0 aliphatic rings. The van der Waals surface area contributed by atoms with Gasteiger partial charge in [-0.15, -0.1) is 0 Å². The third-order valence-electron chi connectivity index (χ3n) is 4.71. The van der Waals surface area contributed by atoms with Crippen LogP contribution in [0.1, 0.15) is 42.3 Å². The maximum Gasteiger partial charge on any atom is 0.343 e. The van der Waals surface area contributed by atoms with Crippen LogP contribution in [-0.2, 0) is 20.0 Å². The Bertz CT molecular complexity index is 1430. The first-order valence-corrected chi connectivity index (χ1v) is 12.9. The average Bonchev–Trinajstić information content (AvgIpc) is 3.27. The topological polar surface area (TPSA) is 139 Å². The van der Waals surface area contributed by atoms with Crippen molar-refractivity contribution >= 4 is 44.5 Å². The molecule has 3 aromatic rings. The van der Waals surface area contributed by atoms with Crippen LogP contribution in [0.15, 0.2) is 59.3 Å². The lowest BCUT2D eigenvalue weighted by Crippen LogP contribution is -2.13. The Morgan fingerprint density at radius 1 is 1.09 bits per heavy atom. The Kier molecular flexibility index (Phi) is 7.48. The molecule has 1 heterocycles. The number of ether oxygens (including phenoxy) is 1. The van der Waals surface area contributed by atoms with Crippen LogP contribution >= 0.6 is 11.5 Å². The number of amides is 1. The molecule has 3 rings (SSSR count). The highest BCUT2D eigenvalue weighted by Crippen LogP contribution is 2.23. The third-order valence-corrected chi connectivity index (χ3v) is 6.30. The molecule has 0 spiro atoms. The lowest BCUT2D eigenvalue weighted by molar-refractivity contribution is -0.112. The molecule has 1 aromatic heterocycles. The molecule has 0 bridgehead atoms. The van der Waals surface area contributed by atoms with Gasteiger partial charge in [0.1, 0.15) is 17.4 Å². The molecule has 0 unspecified atom stereocenters. The van der Waals surface area contributed by atoms with Crippen molar-refractivity contribution in [3.8, 4) is 11.8 Å². The number of anilines is 1. The first kappa shape index (κ1) is 25.7. The Balaban J connectivity index is 1.67. The molecule has 0 aliphatic carbocycles. The number of esters is 1. The molecule has 180 valence electrons. The van der Waals surface area contributed by atoms with E-state index in [2.05, 4.69) is 35.4 Å². The summed E-state index contributed by atoms with van der Waals surface area (Å²) in [6.07, 6.45) is 2.29. The molecule has 0 fully saturated rings. The van der Waals surface area contributed by atoms with Crippen LogP contribution in [-0.4, -0.2) is 35.9 Å². The maximum absolute atomic E-state index is 12.4. The van der Waals surface area contributed by atoms with Gasteiger partial charge in [-0.1, -0.05) is 45.0 Å². The van der Waals surface area contributed by atoms with E-state index in [1.54, 1.807) is 42.5 Å². The van der Waals surface area contributed by atoms with Gasteiger partial charge in [0.05, 0.1) is 5.56 Å². The number of benzene rings is 2. The standard InChI is InChI=1S/C24H22N4O5S2/c1-24(2,3)18-9-7-16(8-10-18)21(30)33-19-11-5-15(6-12-19)13-17(14-25)20(29)26-22-27-23(28-34-22)35(4,31)32/h5-13H,1-4H3,(H,26,27,28,29). The zero-order valence-electron chi connectivity index (χ0n) is 19.4. The highest BCUT2D eigenvalue weighted by atomic mass is 32.2. The van der Waals surface area contributed by atoms with Gasteiger partial charge in [-0.05, 0) is 46.9 Å². The van der Waals surface area contributed by atoms with Gasteiger partial charge in [0.2, 0.25) is 15.0 Å². The van der Waals surface area contributed by atoms with Gasteiger partial charge in [-0.25, -0.2) is 13.2 Å². The van der Waals surface area contributed by atoms with Gasteiger partial charge >= 0.3 is 5.97 Å². The van der Waals surface area contributed by atoms with Gasteiger partial charge < -0.3 is 4.74 Å². The molecule has 0 atom stereocenters. The molecule has 11 heteroatoms. The number of aromatic nitrogens is 2. The van der Waals surface area contributed by atoms with Gasteiger partial charge in [-0.3, -0.25) is 10.1 Å². The van der Waals surface area contributed by atoms with E-state index in [0.717, 1.165) is 11.8 Å². The molecule has 9 nitrogen and oxygen atoms in total. The number of sulfone groups is 1. The summed E-state index contributed by atoms with van der Waals surface area (Å²) in [5, 5.41) is 11.3. The van der Waals surface area contributed by atoms with Crippen LogP contribution in [0.5, 0.6) is 5.75 Å². The molecule has 1 N–H and O–H groups in total. The van der Waals surface area contributed by atoms with Crippen molar-refractivity contribution in [2.75, 3.05) is 11.6 Å². The van der Waals surface area contributed by atoms with Gasteiger partial charge in [-0.2, -0.15) is 14.6 Å². The van der Waals surface area contributed by atoms with E-state index in [1.165, 1.54) is 6.08 Å². The Hall–Kier alpha value is -3.88. The summed E-state index contributed by atoms with van der Waals surface area (Å²) in [5.41, 5.74) is 1.77. The summed E-state index contributed by atoms with van der Waals surface area (Å²) < 4.78 is 32.0. The van der Waals surface area contributed by atoms with E-state index in [9.17, 15) is 23.3 Å². The van der Waals surface area contributed by atoms with Gasteiger partial charge in [0, 0.05) is 17.8 Å². The van der Waals surface area contributed by atoms with Gasteiger partial charge in [0.15, 0.2) is 0 Å². The first-order valence-electron chi connectivity index (χ1n) is 10.3. The van der Waals surface area contributed by atoms with E-state index in [0.29, 0.717) is 28.4 Å². The SMILES string of the molecule is CC(C)(C)c1ccc(C(=O)Oc2ccc(C=C(C#N)C(=O)Nc3nc(S(C)(=O)=O)ns3)cc2)cc1. The van der Waals surface area contributed by atoms with Crippen molar-refractivity contribution < 1.29 is 22.7 Å². The van der Waals surface area contributed by atoms with E-state index in [-0.39, 0.29) is 16.1 Å². The van der Waals surface area contributed by atoms with Crippen LogP contribution < -0.4 is 10.1 Å². The summed E-state index contributed by atoms with van der Waals surface area (Å²) in [4.78, 5) is 28.5. The fourth-order valence-electron chi connectivity index (χ4n) is 2.80. The maximum atomic E-state index is 12.4. The zero-order chi connectivity index (χ0) is 25.8. The predicted molar refractivity (Wildman–Crippen MR) is 132 cm³/mol. The molecule has 2 aromatic carbocycles. The average molecular weight is 511 g/mol. The van der Waals surface area contributed by atoms with Crippen molar-refractivity contribution in [1.29, 1.82) is 5.26 Å². The summed E-state index contributed by atoms with van der Waals surface area (Å²) in [6.45, 7) is 6.26. The number of nitrogens with one attached hydrogen (secondary N) is 1. The molecule has 1 amide bonds. The highest BCUT2D eigenvalue weighted by Gasteiger charge is 2.18. The number of nitriles is 1. The normalized spacial score (nSPS) is 12.0. The van der Waals surface area contributed by atoms with Crippen LogP contribution in [0.4, 0.5) is 5.13 Å². The fraction of sp³-hybridized carbons (Fsp3) is 0.208. The van der Waals surface area contributed by atoms with Crippen LogP contribution in [0.25, 0.3) is 6.08 Å². The van der Waals surface area contributed by atoms with Crippen LogP contribution in [0.3, 0.4) is 0 Å². The number of hydrogen-bond acceptors (Lipinski definition) is 9. The Labute approximate surface area is 207 Å². The number of carbonyl (C=O) groups is 2. The van der Waals surface area contributed by atoms with E-state index >= 15 is 0 Å². The summed E-state index contributed by atoms with van der Waals surface area (Å²) in [7, 11) is -3.61. The van der Waals surface area contributed by atoms with Crippen molar-refractivity contribution in [3.05, 3.63) is 70.8 Å². The number of rotatable bonds is 6. The molecule has 35 heavy (non-hydrogen) atoms. The zero-order valence-corrected chi connectivity index (χ0v) is 21.0. The monoisotopic (exact) mass is 510 g/mol. The van der Waals surface area contributed by atoms with Crippen molar-refractivity contribution in [1.82, 2.24) is 9.36 Å². The molecule has 0 saturated carbocycles. The lowest BCUT2D eigenvalue weighted by Gasteiger charge is -2.18. The minimum atomic E-state index is -3.61. The Morgan fingerprint density at radius 2 is 1.71 bits per heavy atom. The van der Waals surface area contributed by atoms with E-state index < -0.39 is 26.9 Å². The van der Waals surface area contributed by atoms with Gasteiger partial charge in [0.25, 0.3) is 11.1 Å². The minimum Gasteiger partial charge on any atom is -0.423 e. The lowest BCUT2D eigenvalue weighted by atomic mass is 9.87. The third kappa shape index (κ3) is 6.81. The summed E-state index contributed by atoms with van der Waals surface area (Å²) >= 11 is 0.689. The second kappa shape index (κ2) is 10.2. The van der Waals surface area contributed by atoms with E-state index in [4.69, 9.17) is 4.74 Å². The number of nitrogens with zero attached hydrogens (tertiary/aromatic N) is 3. The second-order valence-electron chi connectivity index (χ2n) is 8.56. The fourth-order valence-corrected chi connectivity index (χ4v) is 4.23. The van der Waals surface area contributed by atoms with Crippen molar-refractivity contribution in [2.24, 2.45) is 0 Å². The second-order valence-corrected chi connectivity index (χ2v) is 11.2. The largest absolute Gasteiger partial charge is 0.423 e. The predicted octanol–water partition coefficient (Wildman–Crippen LogP) is 4.00. The Morgan fingerprint density at radius 3 is 2.23 bits per heavy atom. The summed E-state index contributed by atoms with van der Waals surface area (Å²) in [5.74, 6) is -0.966. The molecule has 0 aliphatic heterocycles. The minimum absolute atomic E-state index is 0.0266. The summed E-state index contributed by atoms with van der Waals surface area (Å²) in [6, 6.07) is 15.3. The van der Waals surface area contributed by atoms with Crippen LogP contribution in [0.2, 0.25) is 0 Å². The quantitative estimate of drug-likeness (QED) is 0.227. The van der Waals surface area contributed by atoms with Crippen LogP contribution in [0, 0.1) is 11.3 Å². The molecule has 0 radical (unpaired) electrons. The highest BCUT2D eigenvalue weighted by molar-refractivity contribution is 7.90. The van der Waals surface area contributed by atoms with Crippen molar-refractivity contribution in [2.45, 2.75) is 31.3 Å². The smallest absolute Gasteiger partial charge is 0.343 e.